The van der Waals surface area contributed by atoms with E-state index in [-0.39, 0.29) is 18.6 Å². The Hall–Kier alpha value is -1.67. The molecule has 188 valence electrons. The molecule has 0 aromatic heterocycles. The number of hydrogen-bond acceptors (Lipinski definition) is 5. The molecule has 3 amide bonds. The van der Waals surface area contributed by atoms with E-state index in [0.717, 1.165) is 64.2 Å². The van der Waals surface area contributed by atoms with Crippen LogP contribution in [0.15, 0.2) is 0 Å². The summed E-state index contributed by atoms with van der Waals surface area (Å²) in [7, 11) is 0. The zero-order chi connectivity index (χ0) is 23.7. The number of rotatable bonds is 9. The Balaban J connectivity index is 1.76. The third-order valence-corrected chi connectivity index (χ3v) is 7.53. The van der Waals surface area contributed by atoms with Crippen molar-refractivity contribution in [1.82, 2.24) is 15.1 Å². The minimum absolute atomic E-state index is 0.0183. The molecule has 1 saturated heterocycles. The number of hydrogen-bond donors (Lipinski definition) is 2. The molecular formula is C25H43N3O5. The Labute approximate surface area is 198 Å². The zero-order valence-corrected chi connectivity index (χ0v) is 20.4. The maximum absolute atomic E-state index is 13.7. The molecule has 0 aromatic rings. The summed E-state index contributed by atoms with van der Waals surface area (Å²) in [6.45, 7) is 4.16. The number of nitrogens with one attached hydrogen (secondary N) is 1. The summed E-state index contributed by atoms with van der Waals surface area (Å²) in [6.07, 6.45) is 11.3. The second-order valence-corrected chi connectivity index (χ2v) is 10.1. The van der Waals surface area contributed by atoms with Crippen molar-refractivity contribution in [2.45, 2.75) is 108 Å². The van der Waals surface area contributed by atoms with Gasteiger partial charge in [-0.15, -0.1) is 0 Å². The third-order valence-electron chi connectivity index (χ3n) is 7.53. The van der Waals surface area contributed by atoms with Gasteiger partial charge >= 0.3 is 6.03 Å². The van der Waals surface area contributed by atoms with E-state index < -0.39 is 23.3 Å². The van der Waals surface area contributed by atoms with Crippen molar-refractivity contribution in [1.29, 1.82) is 0 Å². The van der Waals surface area contributed by atoms with Gasteiger partial charge in [-0.3, -0.25) is 9.59 Å². The molecule has 0 bridgehead atoms. The molecule has 0 aromatic carbocycles. The Kier molecular flexibility index (Phi) is 9.98. The monoisotopic (exact) mass is 465 g/mol. The number of aliphatic hydroxyl groups is 1. The van der Waals surface area contributed by atoms with E-state index in [0.29, 0.717) is 45.6 Å². The molecule has 3 rings (SSSR count). The van der Waals surface area contributed by atoms with Crippen molar-refractivity contribution < 1.29 is 24.2 Å². The minimum atomic E-state index is -0.931. The van der Waals surface area contributed by atoms with Gasteiger partial charge in [-0.2, -0.15) is 0 Å². The molecule has 0 radical (unpaired) electrons. The van der Waals surface area contributed by atoms with Gasteiger partial charge in [0.2, 0.25) is 5.78 Å². The van der Waals surface area contributed by atoms with Crippen LogP contribution >= 0.6 is 0 Å². The van der Waals surface area contributed by atoms with Crippen LogP contribution < -0.4 is 5.32 Å². The number of ether oxygens (including phenoxy) is 1. The summed E-state index contributed by atoms with van der Waals surface area (Å²) in [5.41, 5.74) is -0.931. The van der Waals surface area contributed by atoms with Crippen LogP contribution in [0.4, 0.5) is 4.79 Å². The molecule has 0 unspecified atom stereocenters. The van der Waals surface area contributed by atoms with Gasteiger partial charge in [-0.1, -0.05) is 58.3 Å². The van der Waals surface area contributed by atoms with Crippen molar-refractivity contribution in [3.8, 4) is 0 Å². The van der Waals surface area contributed by atoms with Gasteiger partial charge in [0, 0.05) is 25.7 Å². The smallest absolute Gasteiger partial charge is 0.321 e. The van der Waals surface area contributed by atoms with Crippen LogP contribution in [0, 0.1) is 0 Å². The predicted molar refractivity (Wildman–Crippen MR) is 126 cm³/mol. The van der Waals surface area contributed by atoms with E-state index in [1.165, 1.54) is 0 Å². The Morgan fingerprint density at radius 3 is 2.33 bits per heavy atom. The molecule has 8 nitrogen and oxygen atoms in total. The number of carbonyl (C=O) groups excluding carboxylic acids is 3. The maximum atomic E-state index is 13.7. The van der Waals surface area contributed by atoms with E-state index >= 15 is 0 Å². The highest BCUT2D eigenvalue weighted by Crippen LogP contribution is 2.29. The van der Waals surface area contributed by atoms with E-state index in [1.807, 2.05) is 0 Å². The maximum Gasteiger partial charge on any atom is 0.321 e. The predicted octanol–water partition coefficient (Wildman–Crippen LogP) is 3.01. The summed E-state index contributed by atoms with van der Waals surface area (Å²) >= 11 is 0. The first-order valence-corrected chi connectivity index (χ1v) is 13.1. The molecule has 33 heavy (non-hydrogen) atoms. The highest BCUT2D eigenvalue weighted by Gasteiger charge is 2.40. The molecule has 1 heterocycles. The fourth-order valence-corrected chi connectivity index (χ4v) is 5.49. The molecule has 2 saturated carbocycles. The number of ketones is 1. The van der Waals surface area contributed by atoms with Crippen molar-refractivity contribution in [2.24, 2.45) is 0 Å². The van der Waals surface area contributed by atoms with Crippen molar-refractivity contribution in [3.05, 3.63) is 0 Å². The van der Waals surface area contributed by atoms with Crippen molar-refractivity contribution in [3.63, 3.8) is 0 Å². The summed E-state index contributed by atoms with van der Waals surface area (Å²) in [5, 5.41) is 13.5. The lowest BCUT2D eigenvalue weighted by Crippen LogP contribution is -2.59. The number of urea groups is 1. The number of amides is 3. The van der Waals surface area contributed by atoms with Gasteiger partial charge in [0.05, 0.1) is 18.8 Å². The van der Waals surface area contributed by atoms with E-state index in [2.05, 4.69) is 12.2 Å². The number of unbranched alkanes of at least 4 members (excludes halogenated alkanes) is 1. The second kappa shape index (κ2) is 12.7. The van der Waals surface area contributed by atoms with Gasteiger partial charge in [0.1, 0.15) is 6.04 Å². The minimum Gasteiger partial charge on any atom is -0.388 e. The van der Waals surface area contributed by atoms with Crippen LogP contribution in [0.1, 0.15) is 90.4 Å². The lowest BCUT2D eigenvalue weighted by molar-refractivity contribution is -0.142. The largest absolute Gasteiger partial charge is 0.388 e. The van der Waals surface area contributed by atoms with Crippen molar-refractivity contribution >= 4 is 17.7 Å². The van der Waals surface area contributed by atoms with Crippen LogP contribution in [0.2, 0.25) is 0 Å². The molecule has 1 aliphatic heterocycles. The molecular weight excluding hydrogens is 422 g/mol. The molecule has 1 atom stereocenters. The van der Waals surface area contributed by atoms with Crippen LogP contribution in [0.25, 0.3) is 0 Å². The fourth-order valence-electron chi connectivity index (χ4n) is 5.49. The quantitative estimate of drug-likeness (QED) is 0.510. The van der Waals surface area contributed by atoms with Crippen LogP contribution in [0.3, 0.4) is 0 Å². The lowest BCUT2D eigenvalue weighted by atomic mass is 9.85. The number of Topliss-reactive ketones (excluding diaryl/α,β-unsaturated/α-hetero) is 1. The number of nitrogens with zero attached hydrogens (tertiary/aromatic N) is 2. The topological polar surface area (TPSA) is 99.2 Å². The molecule has 0 spiro atoms. The molecule has 2 N–H and O–H groups in total. The van der Waals surface area contributed by atoms with Crippen molar-refractivity contribution in [2.75, 3.05) is 32.8 Å². The highest BCUT2D eigenvalue weighted by atomic mass is 16.5. The first kappa shape index (κ1) is 25.9. The van der Waals surface area contributed by atoms with Gasteiger partial charge in [0.25, 0.3) is 5.91 Å². The molecule has 3 fully saturated rings. The highest BCUT2D eigenvalue weighted by molar-refractivity contribution is 6.38. The van der Waals surface area contributed by atoms with E-state index in [1.54, 1.807) is 9.80 Å². The Morgan fingerprint density at radius 1 is 1.06 bits per heavy atom. The lowest BCUT2D eigenvalue weighted by Gasteiger charge is -2.42. The Bertz CT molecular complexity index is 652. The second-order valence-electron chi connectivity index (χ2n) is 10.1. The summed E-state index contributed by atoms with van der Waals surface area (Å²) in [5.74, 6) is -1.22. The van der Waals surface area contributed by atoms with Gasteiger partial charge < -0.3 is 25.0 Å². The number of morpholine rings is 1. The van der Waals surface area contributed by atoms with Crippen LogP contribution in [-0.2, 0) is 14.3 Å². The third kappa shape index (κ3) is 7.15. The van der Waals surface area contributed by atoms with Gasteiger partial charge in [0.15, 0.2) is 0 Å². The van der Waals surface area contributed by atoms with Crippen LogP contribution in [0.5, 0.6) is 0 Å². The summed E-state index contributed by atoms with van der Waals surface area (Å²) in [4.78, 5) is 43.6. The molecule has 2 aliphatic carbocycles. The molecule has 8 heteroatoms. The van der Waals surface area contributed by atoms with E-state index in [4.69, 9.17) is 4.74 Å². The van der Waals surface area contributed by atoms with Gasteiger partial charge in [-0.05, 0) is 32.1 Å². The average molecular weight is 466 g/mol. The fraction of sp³-hybridized carbons (Fsp3) is 0.880. The normalized spacial score (nSPS) is 22.4. The molecule has 3 aliphatic rings. The Morgan fingerprint density at radius 2 is 1.70 bits per heavy atom. The SMILES string of the molecule is CCCC[C@@H](C(=O)C(=O)NCC1(O)CCCCC1)N(C(=O)N1CCOCC1)C1CCCCC1. The first-order valence-electron chi connectivity index (χ1n) is 13.1. The summed E-state index contributed by atoms with van der Waals surface area (Å²) < 4.78 is 5.42. The average Bonchev–Trinajstić information content (AvgIpc) is 2.86. The first-order chi connectivity index (χ1) is 15.9. The standard InChI is InChI=1S/C25H43N3O5/c1-2-3-12-21(22(29)23(30)26-19-25(32)13-8-5-9-14-25)28(20-10-6-4-7-11-20)24(31)27-15-17-33-18-16-27/h20-21,32H,2-19H2,1H3,(H,26,30)/t21-/m0/s1. The number of carbonyl (C=O) groups is 3. The zero-order valence-electron chi connectivity index (χ0n) is 20.4. The van der Waals surface area contributed by atoms with E-state index in [9.17, 15) is 19.5 Å². The van der Waals surface area contributed by atoms with Crippen LogP contribution in [-0.4, -0.2) is 83.2 Å². The van der Waals surface area contributed by atoms with Gasteiger partial charge in [-0.25, -0.2) is 4.79 Å². The summed E-state index contributed by atoms with van der Waals surface area (Å²) in [6, 6.07) is -0.919.